The topological polar surface area (TPSA) is 80.3 Å². The van der Waals surface area contributed by atoms with E-state index in [0.717, 1.165) is 24.6 Å². The van der Waals surface area contributed by atoms with Gasteiger partial charge < -0.3 is 10.1 Å². The molecule has 1 fully saturated rings. The number of benzene rings is 1. The summed E-state index contributed by atoms with van der Waals surface area (Å²) in [5.41, 5.74) is 0.577. The van der Waals surface area contributed by atoms with E-state index in [-0.39, 0.29) is 12.6 Å². The summed E-state index contributed by atoms with van der Waals surface area (Å²) in [7, 11) is 0. The predicted molar refractivity (Wildman–Crippen MR) is 100 cm³/mol. The molecule has 1 aromatic heterocycles. The molecule has 1 saturated carbocycles. The van der Waals surface area contributed by atoms with Crippen molar-refractivity contribution in [2.75, 3.05) is 6.61 Å². The summed E-state index contributed by atoms with van der Waals surface area (Å²) >= 11 is 6.14. The molecular formula is C19H22ClN3O3. The van der Waals surface area contributed by atoms with Gasteiger partial charge in [0.05, 0.1) is 5.02 Å². The van der Waals surface area contributed by atoms with Crippen LogP contribution in [0.15, 0.2) is 30.5 Å². The van der Waals surface area contributed by atoms with Crippen molar-refractivity contribution in [1.29, 1.82) is 0 Å². The first-order valence-electron chi connectivity index (χ1n) is 8.81. The van der Waals surface area contributed by atoms with Gasteiger partial charge in [0.15, 0.2) is 6.61 Å². The van der Waals surface area contributed by atoms with E-state index in [1.807, 2.05) is 6.07 Å². The van der Waals surface area contributed by atoms with E-state index in [0.29, 0.717) is 22.2 Å². The molecule has 0 unspecified atom stereocenters. The quantitative estimate of drug-likeness (QED) is 0.854. The zero-order valence-electron chi connectivity index (χ0n) is 14.6. The third-order valence-electron chi connectivity index (χ3n) is 4.72. The molecule has 3 amide bonds. The van der Waals surface area contributed by atoms with Gasteiger partial charge in [-0.25, -0.2) is 4.79 Å². The lowest BCUT2D eigenvalue weighted by Crippen LogP contribution is -2.48. The van der Waals surface area contributed by atoms with Crippen LogP contribution in [0.1, 0.15) is 32.6 Å². The van der Waals surface area contributed by atoms with E-state index in [4.69, 9.17) is 16.3 Å². The van der Waals surface area contributed by atoms with Crippen LogP contribution < -0.4 is 15.4 Å². The fraction of sp³-hybridized carbons (Fsp3) is 0.421. The molecule has 1 aliphatic rings. The number of nitrogens with one attached hydrogen (secondary N) is 2. The average molecular weight is 376 g/mol. The van der Waals surface area contributed by atoms with Gasteiger partial charge >= 0.3 is 6.03 Å². The summed E-state index contributed by atoms with van der Waals surface area (Å²) in [5, 5.41) is 6.50. The van der Waals surface area contributed by atoms with E-state index in [1.165, 1.54) is 6.42 Å². The van der Waals surface area contributed by atoms with Gasteiger partial charge in [0.25, 0.3) is 5.91 Å². The van der Waals surface area contributed by atoms with Crippen LogP contribution >= 0.6 is 11.6 Å². The summed E-state index contributed by atoms with van der Waals surface area (Å²) < 4.78 is 5.53. The standard InChI is InChI=1S/C19H22ClN3O3/c1-12-5-2-3-7-15(12)22-19(25)23-17(24)11-26-16-9-8-14(20)13-6-4-10-21-18(13)16/h4,6,8-10,12,15H,2-3,5,7,11H2,1H3,(H2,22,23,24,25)/t12-,15-/m0/s1. The minimum atomic E-state index is -0.509. The summed E-state index contributed by atoms with van der Waals surface area (Å²) in [6, 6.07) is 6.60. The zero-order valence-corrected chi connectivity index (χ0v) is 15.4. The Bertz CT molecular complexity index is 812. The van der Waals surface area contributed by atoms with E-state index in [2.05, 4.69) is 22.5 Å². The van der Waals surface area contributed by atoms with Crippen LogP contribution in [-0.2, 0) is 4.79 Å². The molecule has 0 radical (unpaired) electrons. The van der Waals surface area contributed by atoms with Crippen LogP contribution in [0.2, 0.25) is 5.02 Å². The van der Waals surface area contributed by atoms with E-state index in [9.17, 15) is 9.59 Å². The number of pyridine rings is 1. The number of carbonyl (C=O) groups is 2. The fourth-order valence-electron chi connectivity index (χ4n) is 3.27. The first kappa shape index (κ1) is 18.5. The minimum absolute atomic E-state index is 0.113. The normalized spacial score (nSPS) is 19.8. The van der Waals surface area contributed by atoms with Gasteiger partial charge in [0, 0.05) is 17.6 Å². The first-order chi connectivity index (χ1) is 12.5. The fourth-order valence-corrected chi connectivity index (χ4v) is 3.49. The Morgan fingerprint density at radius 1 is 1.27 bits per heavy atom. The zero-order chi connectivity index (χ0) is 18.5. The molecule has 0 bridgehead atoms. The molecule has 1 heterocycles. The lowest BCUT2D eigenvalue weighted by molar-refractivity contribution is -0.122. The smallest absolute Gasteiger partial charge is 0.321 e. The average Bonchev–Trinajstić information content (AvgIpc) is 2.63. The number of amides is 3. The van der Waals surface area contributed by atoms with Crippen molar-refractivity contribution in [1.82, 2.24) is 15.6 Å². The highest BCUT2D eigenvalue weighted by Crippen LogP contribution is 2.29. The number of hydrogen-bond donors (Lipinski definition) is 2. The lowest BCUT2D eigenvalue weighted by Gasteiger charge is -2.29. The molecule has 0 saturated heterocycles. The van der Waals surface area contributed by atoms with Gasteiger partial charge in [-0.05, 0) is 43.0 Å². The molecule has 3 rings (SSSR count). The highest BCUT2D eigenvalue weighted by Gasteiger charge is 2.23. The Labute approximate surface area is 157 Å². The van der Waals surface area contributed by atoms with Crippen molar-refractivity contribution in [2.45, 2.75) is 38.6 Å². The summed E-state index contributed by atoms with van der Waals surface area (Å²) in [4.78, 5) is 28.3. The highest BCUT2D eigenvalue weighted by atomic mass is 35.5. The maximum Gasteiger partial charge on any atom is 0.321 e. The van der Waals surface area contributed by atoms with Crippen molar-refractivity contribution < 1.29 is 14.3 Å². The predicted octanol–water partition coefficient (Wildman–Crippen LogP) is 3.67. The number of ether oxygens (including phenoxy) is 1. The molecule has 1 aromatic carbocycles. The van der Waals surface area contributed by atoms with Crippen LogP contribution in [0, 0.1) is 5.92 Å². The summed E-state index contributed by atoms with van der Waals surface area (Å²) in [6.07, 6.45) is 5.96. The van der Waals surface area contributed by atoms with Crippen LogP contribution in [0.3, 0.4) is 0 Å². The molecule has 0 spiro atoms. The van der Waals surface area contributed by atoms with Crippen LogP contribution in [0.25, 0.3) is 10.9 Å². The maximum atomic E-state index is 12.0. The third-order valence-corrected chi connectivity index (χ3v) is 5.05. The number of fused-ring (bicyclic) bond motifs is 1. The van der Waals surface area contributed by atoms with Crippen molar-refractivity contribution >= 4 is 34.4 Å². The molecule has 138 valence electrons. The molecule has 0 aliphatic heterocycles. The highest BCUT2D eigenvalue weighted by molar-refractivity contribution is 6.35. The van der Waals surface area contributed by atoms with Gasteiger partial charge in [0.1, 0.15) is 11.3 Å². The van der Waals surface area contributed by atoms with Crippen LogP contribution in [0.4, 0.5) is 4.79 Å². The number of urea groups is 1. The second-order valence-electron chi connectivity index (χ2n) is 6.62. The molecule has 2 N–H and O–H groups in total. The largest absolute Gasteiger partial charge is 0.481 e. The monoisotopic (exact) mass is 375 g/mol. The summed E-state index contributed by atoms with van der Waals surface area (Å²) in [6.45, 7) is 1.84. The Morgan fingerprint density at radius 3 is 2.88 bits per heavy atom. The number of rotatable bonds is 4. The second-order valence-corrected chi connectivity index (χ2v) is 7.03. The van der Waals surface area contributed by atoms with Gasteiger partial charge in [-0.1, -0.05) is 31.4 Å². The van der Waals surface area contributed by atoms with E-state index < -0.39 is 11.9 Å². The van der Waals surface area contributed by atoms with Crippen molar-refractivity contribution in [2.24, 2.45) is 5.92 Å². The Hall–Kier alpha value is -2.34. The van der Waals surface area contributed by atoms with Crippen molar-refractivity contribution in [3.8, 4) is 5.75 Å². The van der Waals surface area contributed by atoms with Gasteiger partial charge in [0.2, 0.25) is 0 Å². The number of nitrogens with zero attached hydrogens (tertiary/aromatic N) is 1. The van der Waals surface area contributed by atoms with Crippen molar-refractivity contribution in [3.05, 3.63) is 35.5 Å². The summed E-state index contributed by atoms with van der Waals surface area (Å²) in [5.74, 6) is 0.360. The Kier molecular flexibility index (Phi) is 5.93. The molecule has 7 heteroatoms. The molecular weight excluding hydrogens is 354 g/mol. The first-order valence-corrected chi connectivity index (χ1v) is 9.19. The van der Waals surface area contributed by atoms with Gasteiger partial charge in [-0.2, -0.15) is 0 Å². The Morgan fingerprint density at radius 2 is 2.08 bits per heavy atom. The molecule has 6 nitrogen and oxygen atoms in total. The maximum absolute atomic E-state index is 12.0. The molecule has 26 heavy (non-hydrogen) atoms. The number of hydrogen-bond acceptors (Lipinski definition) is 4. The van der Waals surface area contributed by atoms with Crippen LogP contribution in [-0.4, -0.2) is 29.6 Å². The van der Waals surface area contributed by atoms with E-state index in [1.54, 1.807) is 24.4 Å². The number of halogens is 1. The molecule has 1 aliphatic carbocycles. The minimum Gasteiger partial charge on any atom is -0.481 e. The third kappa shape index (κ3) is 4.43. The molecule has 2 atom stereocenters. The van der Waals surface area contributed by atoms with E-state index >= 15 is 0 Å². The number of aromatic nitrogens is 1. The van der Waals surface area contributed by atoms with Crippen molar-refractivity contribution in [3.63, 3.8) is 0 Å². The number of imide groups is 1. The molecule has 2 aromatic rings. The Balaban J connectivity index is 1.54. The SMILES string of the molecule is C[C@H]1CCCC[C@@H]1NC(=O)NC(=O)COc1ccc(Cl)c2cccnc12. The van der Waals surface area contributed by atoms with Gasteiger partial charge in [-0.15, -0.1) is 0 Å². The van der Waals surface area contributed by atoms with Crippen LogP contribution in [0.5, 0.6) is 5.75 Å². The van der Waals surface area contributed by atoms with Gasteiger partial charge in [-0.3, -0.25) is 15.1 Å². The second kappa shape index (κ2) is 8.36. The lowest BCUT2D eigenvalue weighted by atomic mass is 9.86. The number of carbonyl (C=O) groups excluding carboxylic acids is 2.